The van der Waals surface area contributed by atoms with Crippen molar-refractivity contribution in [2.75, 3.05) is 19.3 Å². The highest BCUT2D eigenvalue weighted by atomic mass is 32.2. The van der Waals surface area contributed by atoms with Crippen molar-refractivity contribution >= 4 is 15.8 Å². The Balaban J connectivity index is 1.90. The van der Waals surface area contributed by atoms with Crippen LogP contribution in [-0.4, -0.2) is 39.8 Å². The van der Waals surface area contributed by atoms with Gasteiger partial charge in [0.1, 0.15) is 0 Å². The fourth-order valence-electron chi connectivity index (χ4n) is 3.28. The molecule has 1 aliphatic carbocycles. The third-order valence-electron chi connectivity index (χ3n) is 4.64. The van der Waals surface area contributed by atoms with Crippen molar-refractivity contribution in [3.05, 3.63) is 29.8 Å². The van der Waals surface area contributed by atoms with Crippen LogP contribution in [0.3, 0.4) is 0 Å². The molecule has 6 heteroatoms. The van der Waals surface area contributed by atoms with E-state index in [1.807, 2.05) is 12.1 Å². The zero-order chi connectivity index (χ0) is 18.3. The molecule has 1 saturated carbocycles. The molecule has 0 radical (unpaired) electrons. The molecule has 2 atom stereocenters. The van der Waals surface area contributed by atoms with Gasteiger partial charge < -0.3 is 10.6 Å². The van der Waals surface area contributed by atoms with Crippen LogP contribution in [0.1, 0.15) is 45.1 Å². The Bertz CT molecular complexity index is 668. The summed E-state index contributed by atoms with van der Waals surface area (Å²) in [7, 11) is -3.13. The van der Waals surface area contributed by atoms with Crippen molar-refractivity contribution in [2.45, 2.75) is 56.9 Å². The minimum atomic E-state index is -3.13. The second-order valence-corrected chi connectivity index (χ2v) is 9.06. The Morgan fingerprint density at radius 1 is 1.24 bits per heavy atom. The molecule has 1 aromatic carbocycles. The number of nitrogens with zero attached hydrogens (tertiary/aromatic N) is 1. The van der Waals surface area contributed by atoms with Gasteiger partial charge in [0, 0.05) is 25.4 Å². The van der Waals surface area contributed by atoms with Gasteiger partial charge in [-0.15, -0.1) is 0 Å². The quantitative estimate of drug-likeness (QED) is 0.601. The minimum Gasteiger partial charge on any atom is -0.357 e. The fourth-order valence-corrected chi connectivity index (χ4v) is 3.91. The first kappa shape index (κ1) is 19.8. The first-order valence-electron chi connectivity index (χ1n) is 9.22. The highest BCUT2D eigenvalue weighted by Crippen LogP contribution is 2.23. The van der Waals surface area contributed by atoms with Crippen LogP contribution in [0.2, 0.25) is 0 Å². The van der Waals surface area contributed by atoms with Crippen LogP contribution < -0.4 is 10.6 Å². The zero-order valence-corrected chi connectivity index (χ0v) is 16.4. The maximum Gasteiger partial charge on any atom is 0.191 e. The summed E-state index contributed by atoms with van der Waals surface area (Å²) in [5.74, 6) is 1.66. The summed E-state index contributed by atoms with van der Waals surface area (Å²) in [5.41, 5.74) is 1.10. The van der Waals surface area contributed by atoms with Crippen LogP contribution in [0.5, 0.6) is 0 Å². The molecule has 1 fully saturated rings. The van der Waals surface area contributed by atoms with Crippen molar-refractivity contribution in [1.29, 1.82) is 0 Å². The standard InChI is InChI=1S/C19H31N3O2S/c1-4-20-19(22-17-7-5-6-15(2)14-17)21-13-12-16-8-10-18(11-9-16)25(3,23)24/h8-11,15,17H,4-7,12-14H2,1-3H3,(H2,20,21,22). The molecule has 2 N–H and O–H groups in total. The lowest BCUT2D eigenvalue weighted by Crippen LogP contribution is -2.45. The van der Waals surface area contributed by atoms with E-state index in [0.29, 0.717) is 17.5 Å². The highest BCUT2D eigenvalue weighted by Gasteiger charge is 2.19. The van der Waals surface area contributed by atoms with Crippen LogP contribution in [0.25, 0.3) is 0 Å². The van der Waals surface area contributed by atoms with Gasteiger partial charge in [0.2, 0.25) is 0 Å². The van der Waals surface area contributed by atoms with Crippen LogP contribution in [0.15, 0.2) is 34.2 Å². The number of nitrogens with one attached hydrogen (secondary N) is 2. The molecule has 0 bridgehead atoms. The van der Waals surface area contributed by atoms with Gasteiger partial charge in [-0.05, 0) is 49.8 Å². The Kier molecular flexibility index (Phi) is 7.29. The second kappa shape index (κ2) is 9.22. The number of sulfone groups is 1. The van der Waals surface area contributed by atoms with Gasteiger partial charge >= 0.3 is 0 Å². The van der Waals surface area contributed by atoms with E-state index in [2.05, 4.69) is 29.5 Å². The molecule has 25 heavy (non-hydrogen) atoms. The lowest BCUT2D eigenvalue weighted by atomic mass is 9.87. The Morgan fingerprint density at radius 2 is 1.96 bits per heavy atom. The monoisotopic (exact) mass is 365 g/mol. The van der Waals surface area contributed by atoms with Crippen molar-refractivity contribution < 1.29 is 8.42 Å². The van der Waals surface area contributed by atoms with Crippen LogP contribution in [0.4, 0.5) is 0 Å². The van der Waals surface area contributed by atoms with E-state index < -0.39 is 9.84 Å². The molecule has 0 aliphatic heterocycles. The van der Waals surface area contributed by atoms with Gasteiger partial charge in [-0.2, -0.15) is 0 Å². The minimum absolute atomic E-state index is 0.362. The molecule has 0 aromatic heterocycles. The van der Waals surface area contributed by atoms with E-state index >= 15 is 0 Å². The highest BCUT2D eigenvalue weighted by molar-refractivity contribution is 7.90. The number of aliphatic imine (C=N–C) groups is 1. The first-order valence-corrected chi connectivity index (χ1v) is 11.1. The molecule has 2 unspecified atom stereocenters. The third-order valence-corrected chi connectivity index (χ3v) is 5.77. The summed E-state index contributed by atoms with van der Waals surface area (Å²) in [6, 6.07) is 7.59. The predicted octanol–water partition coefficient (Wildman–Crippen LogP) is 2.77. The van der Waals surface area contributed by atoms with Crippen LogP contribution >= 0.6 is 0 Å². The normalized spacial score (nSPS) is 21.8. The molecule has 1 aromatic rings. The number of benzene rings is 1. The van der Waals surface area contributed by atoms with Crippen molar-refractivity contribution in [1.82, 2.24) is 10.6 Å². The van der Waals surface area contributed by atoms with Gasteiger partial charge in [0.25, 0.3) is 0 Å². The van der Waals surface area contributed by atoms with E-state index in [9.17, 15) is 8.42 Å². The number of hydrogen-bond donors (Lipinski definition) is 2. The van der Waals surface area contributed by atoms with E-state index in [4.69, 9.17) is 0 Å². The van der Waals surface area contributed by atoms with Crippen LogP contribution in [0, 0.1) is 5.92 Å². The Labute approximate surface area is 152 Å². The van der Waals surface area contributed by atoms with Gasteiger partial charge in [0.05, 0.1) is 4.90 Å². The summed E-state index contributed by atoms with van der Waals surface area (Å²) in [6.45, 7) is 5.91. The van der Waals surface area contributed by atoms with Gasteiger partial charge in [-0.1, -0.05) is 31.9 Å². The van der Waals surface area contributed by atoms with Gasteiger partial charge in [-0.3, -0.25) is 4.99 Å². The summed E-state index contributed by atoms with van der Waals surface area (Å²) in [5, 5.41) is 6.88. The van der Waals surface area contributed by atoms with Gasteiger partial charge in [0.15, 0.2) is 15.8 Å². The molecule has 5 nitrogen and oxygen atoms in total. The van der Waals surface area contributed by atoms with E-state index in [1.54, 1.807) is 12.1 Å². The third kappa shape index (κ3) is 6.69. The van der Waals surface area contributed by atoms with E-state index in [1.165, 1.54) is 31.9 Å². The summed E-state index contributed by atoms with van der Waals surface area (Å²) < 4.78 is 23.0. The topological polar surface area (TPSA) is 70.6 Å². The summed E-state index contributed by atoms with van der Waals surface area (Å²) >= 11 is 0. The first-order chi connectivity index (χ1) is 11.9. The zero-order valence-electron chi connectivity index (χ0n) is 15.6. The smallest absolute Gasteiger partial charge is 0.191 e. The number of hydrogen-bond acceptors (Lipinski definition) is 3. The van der Waals surface area contributed by atoms with Crippen molar-refractivity contribution in [3.8, 4) is 0 Å². The molecule has 0 spiro atoms. The molecule has 0 amide bonds. The lowest BCUT2D eigenvalue weighted by molar-refractivity contribution is 0.324. The fraction of sp³-hybridized carbons (Fsp3) is 0.632. The Morgan fingerprint density at radius 3 is 2.56 bits per heavy atom. The lowest BCUT2D eigenvalue weighted by Gasteiger charge is -2.28. The maximum atomic E-state index is 11.5. The number of guanidine groups is 1. The molecular weight excluding hydrogens is 334 g/mol. The summed E-state index contributed by atoms with van der Waals surface area (Å²) in [4.78, 5) is 5.04. The predicted molar refractivity (Wildman–Crippen MR) is 104 cm³/mol. The van der Waals surface area contributed by atoms with Crippen molar-refractivity contribution in [2.24, 2.45) is 10.9 Å². The van der Waals surface area contributed by atoms with Crippen LogP contribution in [-0.2, 0) is 16.3 Å². The Hall–Kier alpha value is -1.56. The maximum absolute atomic E-state index is 11.5. The molecule has 0 saturated heterocycles. The van der Waals surface area contributed by atoms with E-state index in [0.717, 1.165) is 30.4 Å². The average molecular weight is 366 g/mol. The second-order valence-electron chi connectivity index (χ2n) is 7.04. The van der Waals surface area contributed by atoms with Gasteiger partial charge in [-0.25, -0.2) is 8.42 Å². The average Bonchev–Trinajstić information content (AvgIpc) is 2.55. The molecule has 1 aliphatic rings. The number of rotatable bonds is 6. The largest absolute Gasteiger partial charge is 0.357 e. The van der Waals surface area contributed by atoms with E-state index in [-0.39, 0.29) is 0 Å². The van der Waals surface area contributed by atoms with Crippen molar-refractivity contribution in [3.63, 3.8) is 0 Å². The SMILES string of the molecule is CCNC(=NCCc1ccc(S(C)(=O)=O)cc1)NC1CCCC(C)C1. The summed E-state index contributed by atoms with van der Waals surface area (Å²) in [6.07, 6.45) is 7.05. The molecule has 0 heterocycles. The molecular formula is C19H31N3O2S. The molecule has 2 rings (SSSR count). The molecule has 140 valence electrons.